The van der Waals surface area contributed by atoms with Gasteiger partial charge in [0.15, 0.2) is 5.03 Å². The summed E-state index contributed by atoms with van der Waals surface area (Å²) in [5.74, 6) is -1.17. The number of pyridine rings is 1. The third-order valence-corrected chi connectivity index (χ3v) is 3.43. The van der Waals surface area contributed by atoms with Crippen molar-refractivity contribution in [2.24, 2.45) is 0 Å². The first kappa shape index (κ1) is 14.9. The number of hydrogen-bond acceptors (Lipinski definition) is 6. The van der Waals surface area contributed by atoms with Crippen LogP contribution in [0.15, 0.2) is 46.3 Å². The first-order valence-corrected chi connectivity index (χ1v) is 6.50. The highest BCUT2D eigenvalue weighted by molar-refractivity contribution is 7.99. The minimum absolute atomic E-state index is 0.00602. The Labute approximate surface area is 123 Å². The van der Waals surface area contributed by atoms with Gasteiger partial charge in [0.2, 0.25) is 0 Å². The maximum Gasteiger partial charge on any atom is 0.356 e. The first-order valence-electron chi connectivity index (χ1n) is 5.68. The number of hydrogen-bond donors (Lipinski definition) is 0. The van der Waals surface area contributed by atoms with Crippen LogP contribution in [-0.2, 0) is 4.74 Å². The van der Waals surface area contributed by atoms with Crippen molar-refractivity contribution < 1.29 is 18.8 Å². The number of nitrogens with zero attached hydrogens (tertiary/aromatic N) is 2. The maximum atomic E-state index is 13.1. The smallest absolute Gasteiger partial charge is 0.356 e. The molecule has 0 N–H and O–H groups in total. The summed E-state index contributed by atoms with van der Waals surface area (Å²) in [5.41, 5.74) is -0.320. The van der Waals surface area contributed by atoms with Crippen molar-refractivity contribution in [3.8, 4) is 0 Å². The summed E-state index contributed by atoms with van der Waals surface area (Å²) in [4.78, 5) is 26.2. The summed E-state index contributed by atoms with van der Waals surface area (Å²) < 4.78 is 17.7. The molecule has 1 aromatic carbocycles. The van der Waals surface area contributed by atoms with Crippen LogP contribution in [0.5, 0.6) is 0 Å². The van der Waals surface area contributed by atoms with Crippen LogP contribution in [0.2, 0.25) is 0 Å². The van der Waals surface area contributed by atoms with Crippen LogP contribution in [0.1, 0.15) is 10.5 Å². The molecule has 1 aromatic heterocycles. The molecular formula is C13H9FN2O4S. The average molecular weight is 308 g/mol. The molecule has 0 aliphatic rings. The van der Waals surface area contributed by atoms with E-state index in [1.807, 2.05) is 0 Å². The number of rotatable bonds is 4. The maximum absolute atomic E-state index is 13.1. The van der Waals surface area contributed by atoms with Gasteiger partial charge in [0.25, 0.3) is 0 Å². The topological polar surface area (TPSA) is 82.3 Å². The van der Waals surface area contributed by atoms with Gasteiger partial charge in [-0.1, -0.05) is 17.8 Å². The summed E-state index contributed by atoms with van der Waals surface area (Å²) in [7, 11) is 1.19. The fraction of sp³-hybridized carbons (Fsp3) is 0.0769. The number of aromatic nitrogens is 1. The largest absolute Gasteiger partial charge is 0.464 e. The normalized spacial score (nSPS) is 10.2. The van der Waals surface area contributed by atoms with E-state index in [-0.39, 0.29) is 16.4 Å². The Morgan fingerprint density at radius 1 is 1.38 bits per heavy atom. The molecule has 0 atom stereocenters. The number of esters is 1. The van der Waals surface area contributed by atoms with Crippen LogP contribution in [0.4, 0.5) is 10.1 Å². The van der Waals surface area contributed by atoms with E-state index in [2.05, 4.69) is 9.72 Å². The Morgan fingerprint density at radius 2 is 2.14 bits per heavy atom. The average Bonchev–Trinajstić information content (AvgIpc) is 2.46. The van der Waals surface area contributed by atoms with E-state index < -0.39 is 16.7 Å². The predicted octanol–water partition coefficient (Wildman–Crippen LogP) is 3.07. The van der Waals surface area contributed by atoms with E-state index in [0.717, 1.165) is 11.8 Å². The number of benzene rings is 1. The minimum atomic E-state index is -0.703. The molecule has 8 heteroatoms. The van der Waals surface area contributed by atoms with Gasteiger partial charge in [0.05, 0.1) is 12.0 Å². The number of nitro groups is 1. The molecule has 0 radical (unpaired) electrons. The quantitative estimate of drug-likeness (QED) is 0.490. The van der Waals surface area contributed by atoms with Gasteiger partial charge in [-0.05, 0) is 24.3 Å². The second-order valence-corrected chi connectivity index (χ2v) is 4.89. The van der Waals surface area contributed by atoms with Crippen LogP contribution in [0.25, 0.3) is 0 Å². The van der Waals surface area contributed by atoms with Crippen molar-refractivity contribution in [2.45, 2.75) is 9.92 Å². The van der Waals surface area contributed by atoms with Crippen LogP contribution < -0.4 is 0 Å². The number of carbonyl (C=O) groups excluding carboxylic acids is 1. The number of ether oxygens (including phenoxy) is 1. The summed E-state index contributed by atoms with van der Waals surface area (Å²) in [6, 6.07) is 7.93. The number of methoxy groups -OCH3 is 1. The molecule has 0 saturated carbocycles. The lowest BCUT2D eigenvalue weighted by molar-refractivity contribution is -0.388. The van der Waals surface area contributed by atoms with Crippen molar-refractivity contribution >= 4 is 23.4 Å². The minimum Gasteiger partial charge on any atom is -0.464 e. The van der Waals surface area contributed by atoms with Crippen LogP contribution >= 0.6 is 11.8 Å². The van der Waals surface area contributed by atoms with Gasteiger partial charge in [-0.2, -0.15) is 0 Å². The van der Waals surface area contributed by atoms with Crippen LogP contribution in [0.3, 0.4) is 0 Å². The monoisotopic (exact) mass is 308 g/mol. The third-order valence-electron chi connectivity index (χ3n) is 2.44. The van der Waals surface area contributed by atoms with E-state index in [4.69, 9.17) is 0 Å². The van der Waals surface area contributed by atoms with E-state index in [0.29, 0.717) is 4.90 Å². The van der Waals surface area contributed by atoms with Crippen LogP contribution in [-0.4, -0.2) is 23.0 Å². The lowest BCUT2D eigenvalue weighted by Gasteiger charge is -2.04. The zero-order valence-electron chi connectivity index (χ0n) is 10.8. The molecule has 0 unspecified atom stereocenters. The summed E-state index contributed by atoms with van der Waals surface area (Å²) >= 11 is 0.898. The predicted molar refractivity (Wildman–Crippen MR) is 72.8 cm³/mol. The second-order valence-electron chi connectivity index (χ2n) is 3.83. The highest BCUT2D eigenvalue weighted by Crippen LogP contribution is 2.33. The number of halogens is 1. The van der Waals surface area contributed by atoms with E-state index in [1.165, 1.54) is 37.4 Å². The Kier molecular flexibility index (Phi) is 4.49. The number of carbonyl (C=O) groups is 1. The molecule has 2 aromatic rings. The van der Waals surface area contributed by atoms with Gasteiger partial charge < -0.3 is 4.74 Å². The fourth-order valence-corrected chi connectivity index (χ4v) is 2.44. The third kappa shape index (κ3) is 3.54. The zero-order valence-corrected chi connectivity index (χ0v) is 11.6. The SMILES string of the molecule is COC(=O)c1ccc([N+](=O)[O-])c(Sc2cccc(F)c2)n1. The summed E-state index contributed by atoms with van der Waals surface area (Å²) in [6.45, 7) is 0. The lowest BCUT2D eigenvalue weighted by atomic mass is 10.3. The zero-order chi connectivity index (χ0) is 15.4. The van der Waals surface area contributed by atoms with E-state index in [1.54, 1.807) is 6.07 Å². The van der Waals surface area contributed by atoms with Gasteiger partial charge in [-0.15, -0.1) is 0 Å². The highest BCUT2D eigenvalue weighted by atomic mass is 32.2. The Bertz CT molecular complexity index is 708. The van der Waals surface area contributed by atoms with Gasteiger partial charge in [-0.25, -0.2) is 14.2 Å². The lowest BCUT2D eigenvalue weighted by Crippen LogP contribution is -2.06. The summed E-state index contributed by atoms with van der Waals surface area (Å²) in [5, 5.41) is 11.0. The molecule has 0 aliphatic carbocycles. The van der Waals surface area contributed by atoms with Gasteiger partial charge in [0, 0.05) is 11.0 Å². The van der Waals surface area contributed by atoms with Crippen molar-refractivity contribution in [1.82, 2.24) is 4.98 Å². The molecule has 0 bridgehead atoms. The van der Waals surface area contributed by atoms with Crippen molar-refractivity contribution in [3.05, 3.63) is 58.0 Å². The molecule has 0 fully saturated rings. The van der Waals surface area contributed by atoms with Crippen molar-refractivity contribution in [3.63, 3.8) is 0 Å². The van der Waals surface area contributed by atoms with E-state index >= 15 is 0 Å². The molecule has 6 nitrogen and oxygen atoms in total. The Balaban J connectivity index is 2.43. The van der Waals surface area contributed by atoms with E-state index in [9.17, 15) is 19.3 Å². The molecule has 2 rings (SSSR count). The summed E-state index contributed by atoms with van der Waals surface area (Å²) in [6.07, 6.45) is 0. The second kappa shape index (κ2) is 6.31. The van der Waals surface area contributed by atoms with Gasteiger partial charge in [0.1, 0.15) is 11.5 Å². The van der Waals surface area contributed by atoms with Gasteiger partial charge in [-0.3, -0.25) is 10.1 Å². The highest BCUT2D eigenvalue weighted by Gasteiger charge is 2.20. The first-order chi connectivity index (χ1) is 10.0. The molecule has 21 heavy (non-hydrogen) atoms. The fourth-order valence-electron chi connectivity index (χ4n) is 1.51. The molecule has 108 valence electrons. The standard InChI is InChI=1S/C13H9FN2O4S/c1-20-13(17)10-5-6-11(16(18)19)12(15-10)21-9-4-2-3-8(14)7-9/h2-7H,1H3. The molecule has 1 heterocycles. The molecule has 0 amide bonds. The molecule has 0 aliphatic heterocycles. The van der Waals surface area contributed by atoms with Crippen molar-refractivity contribution in [2.75, 3.05) is 7.11 Å². The van der Waals surface area contributed by atoms with Crippen molar-refractivity contribution in [1.29, 1.82) is 0 Å². The molecule has 0 saturated heterocycles. The van der Waals surface area contributed by atoms with Gasteiger partial charge >= 0.3 is 11.7 Å². The van der Waals surface area contributed by atoms with Crippen LogP contribution in [0, 0.1) is 15.9 Å². The Morgan fingerprint density at radius 3 is 2.76 bits per heavy atom. The Hall–Kier alpha value is -2.48. The molecular weight excluding hydrogens is 299 g/mol. The molecule has 0 spiro atoms.